The van der Waals surface area contributed by atoms with Crippen molar-refractivity contribution in [1.82, 2.24) is 10.2 Å². The van der Waals surface area contributed by atoms with Crippen LogP contribution in [0.5, 0.6) is 0 Å². The number of nitrogens with two attached hydrogens (primary N) is 1. The number of likely N-dealkylation sites (N-methyl/N-ethyl adjacent to an activating group) is 1. The van der Waals surface area contributed by atoms with Crippen LogP contribution in [0.2, 0.25) is 0 Å². The first-order valence-corrected chi connectivity index (χ1v) is 6.12. The Bertz CT molecular complexity index is 519. The zero-order valence-electron chi connectivity index (χ0n) is 10.6. The molecule has 2 rings (SSSR count). The Morgan fingerprint density at radius 1 is 1.47 bits per heavy atom. The van der Waals surface area contributed by atoms with E-state index in [1.807, 2.05) is 0 Å². The number of amides is 2. The van der Waals surface area contributed by atoms with E-state index in [-0.39, 0.29) is 17.5 Å². The van der Waals surface area contributed by atoms with Crippen LogP contribution in [-0.4, -0.2) is 36.3 Å². The first kappa shape index (κ1) is 13.3. The molecule has 1 atom stereocenters. The Morgan fingerprint density at radius 3 is 2.84 bits per heavy atom. The molecule has 2 amide bonds. The molecule has 1 aliphatic heterocycles. The van der Waals surface area contributed by atoms with Crippen molar-refractivity contribution >= 4 is 17.5 Å². The number of halogens is 1. The van der Waals surface area contributed by atoms with E-state index in [2.05, 4.69) is 5.32 Å². The largest absolute Gasteiger partial charge is 0.396 e. The second-order valence-electron chi connectivity index (χ2n) is 4.51. The van der Waals surface area contributed by atoms with Crippen molar-refractivity contribution in [2.75, 3.05) is 19.3 Å². The van der Waals surface area contributed by atoms with Crippen LogP contribution in [-0.2, 0) is 4.79 Å². The zero-order valence-corrected chi connectivity index (χ0v) is 10.6. The van der Waals surface area contributed by atoms with Crippen LogP contribution in [0.1, 0.15) is 23.2 Å². The lowest BCUT2D eigenvalue weighted by atomic mass is 10.1. The van der Waals surface area contributed by atoms with Gasteiger partial charge < -0.3 is 16.0 Å². The van der Waals surface area contributed by atoms with Crippen molar-refractivity contribution in [3.8, 4) is 0 Å². The molecule has 0 spiro atoms. The van der Waals surface area contributed by atoms with Crippen molar-refractivity contribution in [1.29, 1.82) is 0 Å². The van der Waals surface area contributed by atoms with E-state index < -0.39 is 11.9 Å². The number of hydrogen-bond acceptors (Lipinski definition) is 3. The first-order chi connectivity index (χ1) is 9.04. The number of hydrogen-bond donors (Lipinski definition) is 2. The molecule has 0 bridgehead atoms. The van der Waals surface area contributed by atoms with E-state index in [0.717, 1.165) is 12.5 Å². The van der Waals surface area contributed by atoms with E-state index in [1.54, 1.807) is 7.05 Å². The summed E-state index contributed by atoms with van der Waals surface area (Å²) in [5, 5.41) is 2.55. The van der Waals surface area contributed by atoms with Gasteiger partial charge in [-0.15, -0.1) is 0 Å². The number of carbonyl (C=O) groups is 2. The van der Waals surface area contributed by atoms with Gasteiger partial charge in [0.2, 0.25) is 5.91 Å². The summed E-state index contributed by atoms with van der Waals surface area (Å²) in [4.78, 5) is 25.5. The van der Waals surface area contributed by atoms with Gasteiger partial charge in [-0.3, -0.25) is 9.59 Å². The fourth-order valence-corrected chi connectivity index (χ4v) is 2.29. The molecular weight excluding hydrogens is 249 g/mol. The lowest BCUT2D eigenvalue weighted by Crippen LogP contribution is -2.44. The van der Waals surface area contributed by atoms with Crippen LogP contribution in [0.25, 0.3) is 0 Å². The zero-order chi connectivity index (χ0) is 14.0. The maximum absolute atomic E-state index is 13.1. The number of carbonyl (C=O) groups excluding carboxylic acids is 2. The summed E-state index contributed by atoms with van der Waals surface area (Å²) < 4.78 is 13.1. The Kier molecular flexibility index (Phi) is 3.69. The molecule has 0 radical (unpaired) electrons. The third kappa shape index (κ3) is 2.52. The standard InChI is InChI=1S/C13H16FN3O2/c1-16-12(18)11-3-2-6-17(11)13(19)8-4-5-9(14)10(15)7-8/h4-5,7,11H,2-3,6,15H2,1H3,(H,16,18). The summed E-state index contributed by atoms with van der Waals surface area (Å²) in [6.07, 6.45) is 1.42. The van der Waals surface area contributed by atoms with Gasteiger partial charge >= 0.3 is 0 Å². The number of nitrogen functional groups attached to an aromatic ring is 1. The average Bonchev–Trinajstić information content (AvgIpc) is 2.89. The minimum atomic E-state index is -0.555. The molecule has 6 heteroatoms. The normalized spacial score (nSPS) is 18.4. The van der Waals surface area contributed by atoms with E-state index in [9.17, 15) is 14.0 Å². The molecule has 1 aliphatic rings. The van der Waals surface area contributed by atoms with Crippen LogP contribution in [0.4, 0.5) is 10.1 Å². The number of benzene rings is 1. The quantitative estimate of drug-likeness (QED) is 0.775. The highest BCUT2D eigenvalue weighted by Gasteiger charge is 2.34. The van der Waals surface area contributed by atoms with Crippen LogP contribution in [0.15, 0.2) is 18.2 Å². The SMILES string of the molecule is CNC(=O)C1CCCN1C(=O)c1ccc(F)c(N)c1. The first-order valence-electron chi connectivity index (χ1n) is 6.12. The number of anilines is 1. The number of likely N-dealkylation sites (tertiary alicyclic amines) is 1. The van der Waals surface area contributed by atoms with Gasteiger partial charge in [0.15, 0.2) is 0 Å². The van der Waals surface area contributed by atoms with Crippen LogP contribution < -0.4 is 11.1 Å². The van der Waals surface area contributed by atoms with Crippen LogP contribution >= 0.6 is 0 Å². The van der Waals surface area contributed by atoms with Gasteiger partial charge in [-0.1, -0.05) is 0 Å². The molecule has 0 aromatic heterocycles. The third-order valence-electron chi connectivity index (χ3n) is 3.31. The molecule has 1 aromatic carbocycles. The molecular formula is C13H16FN3O2. The number of rotatable bonds is 2. The van der Waals surface area contributed by atoms with Gasteiger partial charge in [-0.2, -0.15) is 0 Å². The van der Waals surface area contributed by atoms with Gasteiger partial charge in [-0.05, 0) is 31.0 Å². The molecule has 1 aromatic rings. The van der Waals surface area contributed by atoms with Crippen molar-refractivity contribution in [3.63, 3.8) is 0 Å². The highest BCUT2D eigenvalue weighted by atomic mass is 19.1. The maximum atomic E-state index is 13.1. The van der Waals surface area contributed by atoms with Gasteiger partial charge in [-0.25, -0.2) is 4.39 Å². The Morgan fingerprint density at radius 2 is 2.21 bits per heavy atom. The lowest BCUT2D eigenvalue weighted by Gasteiger charge is -2.23. The summed E-state index contributed by atoms with van der Waals surface area (Å²) in [5.74, 6) is -1.03. The van der Waals surface area contributed by atoms with E-state index in [1.165, 1.54) is 17.0 Å². The van der Waals surface area contributed by atoms with E-state index in [0.29, 0.717) is 18.5 Å². The minimum Gasteiger partial charge on any atom is -0.396 e. The topological polar surface area (TPSA) is 75.4 Å². The van der Waals surface area contributed by atoms with Crippen LogP contribution in [0, 0.1) is 5.82 Å². The molecule has 5 nitrogen and oxygen atoms in total. The van der Waals surface area contributed by atoms with Crippen molar-refractivity contribution < 1.29 is 14.0 Å². The summed E-state index contributed by atoms with van der Waals surface area (Å²) in [5.41, 5.74) is 5.69. The van der Waals surface area contributed by atoms with E-state index >= 15 is 0 Å². The van der Waals surface area contributed by atoms with Crippen molar-refractivity contribution in [3.05, 3.63) is 29.6 Å². The highest BCUT2D eigenvalue weighted by Crippen LogP contribution is 2.21. The lowest BCUT2D eigenvalue weighted by molar-refractivity contribution is -0.124. The molecule has 1 heterocycles. The van der Waals surface area contributed by atoms with Crippen molar-refractivity contribution in [2.45, 2.75) is 18.9 Å². The molecule has 102 valence electrons. The maximum Gasteiger partial charge on any atom is 0.254 e. The molecule has 1 saturated heterocycles. The molecule has 0 aliphatic carbocycles. The highest BCUT2D eigenvalue weighted by molar-refractivity contribution is 5.98. The predicted molar refractivity (Wildman–Crippen MR) is 68.9 cm³/mol. The minimum absolute atomic E-state index is 0.0680. The number of nitrogens with zero attached hydrogens (tertiary/aromatic N) is 1. The third-order valence-corrected chi connectivity index (χ3v) is 3.31. The smallest absolute Gasteiger partial charge is 0.254 e. The van der Waals surface area contributed by atoms with Crippen molar-refractivity contribution in [2.24, 2.45) is 0 Å². The fraction of sp³-hybridized carbons (Fsp3) is 0.385. The Balaban J connectivity index is 2.23. The molecule has 19 heavy (non-hydrogen) atoms. The monoisotopic (exact) mass is 265 g/mol. The van der Waals surface area contributed by atoms with Gasteiger partial charge in [0.25, 0.3) is 5.91 Å². The second kappa shape index (κ2) is 5.26. The second-order valence-corrected chi connectivity index (χ2v) is 4.51. The van der Waals surface area contributed by atoms with E-state index in [4.69, 9.17) is 5.73 Å². The van der Waals surface area contributed by atoms with Gasteiger partial charge in [0.1, 0.15) is 11.9 Å². The summed E-state index contributed by atoms with van der Waals surface area (Å²) in [6.45, 7) is 0.522. The molecule has 0 saturated carbocycles. The number of nitrogens with one attached hydrogen (secondary N) is 1. The summed E-state index contributed by atoms with van der Waals surface area (Å²) >= 11 is 0. The van der Waals surface area contributed by atoms with Crippen LogP contribution in [0.3, 0.4) is 0 Å². The summed E-state index contributed by atoms with van der Waals surface area (Å²) in [6, 6.07) is 3.39. The fourth-order valence-electron chi connectivity index (χ4n) is 2.29. The van der Waals surface area contributed by atoms with Gasteiger partial charge in [0, 0.05) is 19.2 Å². The average molecular weight is 265 g/mol. The molecule has 1 fully saturated rings. The molecule has 1 unspecified atom stereocenters. The Labute approximate surface area is 110 Å². The summed E-state index contributed by atoms with van der Waals surface area (Å²) in [7, 11) is 1.54. The van der Waals surface area contributed by atoms with Gasteiger partial charge in [0.05, 0.1) is 5.69 Å². The molecule has 3 N–H and O–H groups in total. The Hall–Kier alpha value is -2.11. The predicted octanol–water partition coefficient (Wildman–Crippen LogP) is 0.758.